The number of hydrogen-bond acceptors (Lipinski definition) is 5. The normalized spacial score (nSPS) is 16.2. The maximum absolute atomic E-state index is 9.66. The maximum Gasteiger partial charge on any atom is 0.158 e. The highest BCUT2D eigenvalue weighted by Gasteiger charge is 2.08. The summed E-state index contributed by atoms with van der Waals surface area (Å²) >= 11 is 0.475. The third-order valence-electron chi connectivity index (χ3n) is 0.512. The van der Waals surface area contributed by atoms with E-state index >= 15 is 0 Å². The monoisotopic (exact) mass is 150 g/mol. The van der Waals surface area contributed by atoms with E-state index in [0.717, 1.165) is 0 Å². The van der Waals surface area contributed by atoms with Gasteiger partial charge in [0, 0.05) is 0 Å². The van der Waals surface area contributed by atoms with Gasteiger partial charge in [0.05, 0.1) is 0 Å². The van der Waals surface area contributed by atoms with Crippen LogP contribution in [0.2, 0.25) is 0 Å². The minimum absolute atomic E-state index is 0.234. The lowest BCUT2D eigenvalue weighted by Gasteiger charge is -2.02. The fourth-order valence-corrected chi connectivity index (χ4v) is 0.621. The standard InChI is InChI=1S/C4H6O4S/c5-1-3(7)9-4(8)2-6/h1-4,7-8H. The fraction of sp³-hybridized carbons (Fsp3) is 0.500. The van der Waals surface area contributed by atoms with Crippen molar-refractivity contribution in [2.75, 3.05) is 0 Å². The van der Waals surface area contributed by atoms with E-state index in [2.05, 4.69) is 0 Å². The largest absolute Gasteiger partial charge is 0.375 e. The summed E-state index contributed by atoms with van der Waals surface area (Å²) in [5.41, 5.74) is -2.63. The summed E-state index contributed by atoms with van der Waals surface area (Å²) < 4.78 is 0. The Morgan fingerprint density at radius 1 is 1.11 bits per heavy atom. The highest BCUT2D eigenvalue weighted by molar-refractivity contribution is 8.01. The van der Waals surface area contributed by atoms with Gasteiger partial charge in [-0.25, -0.2) is 0 Å². The lowest BCUT2D eigenvalue weighted by molar-refractivity contribution is -0.111. The van der Waals surface area contributed by atoms with Crippen LogP contribution in [0.5, 0.6) is 0 Å². The molecule has 0 fully saturated rings. The fourth-order valence-electron chi connectivity index (χ4n) is 0.207. The van der Waals surface area contributed by atoms with Crippen LogP contribution in [0.25, 0.3) is 0 Å². The second kappa shape index (κ2) is 4.49. The second-order valence-corrected chi connectivity index (χ2v) is 2.43. The van der Waals surface area contributed by atoms with Gasteiger partial charge in [0.2, 0.25) is 0 Å². The number of carbonyl (C=O) groups excluding carboxylic acids is 2. The van der Waals surface area contributed by atoms with Gasteiger partial charge in [0.1, 0.15) is 0 Å². The van der Waals surface area contributed by atoms with Crippen molar-refractivity contribution in [3.63, 3.8) is 0 Å². The molecule has 2 atom stereocenters. The first-order valence-corrected chi connectivity index (χ1v) is 3.07. The summed E-state index contributed by atoms with van der Waals surface area (Å²) in [6, 6.07) is 0. The molecule has 0 aliphatic heterocycles. The zero-order valence-electron chi connectivity index (χ0n) is 4.43. The van der Waals surface area contributed by atoms with Crippen LogP contribution >= 0.6 is 11.8 Å². The summed E-state index contributed by atoms with van der Waals surface area (Å²) in [7, 11) is 0. The van der Waals surface area contributed by atoms with E-state index in [4.69, 9.17) is 10.2 Å². The average Bonchev–Trinajstić information content (AvgIpc) is 1.87. The molecule has 0 radical (unpaired) electrons. The Balaban J connectivity index is 3.45. The van der Waals surface area contributed by atoms with E-state index < -0.39 is 10.9 Å². The lowest BCUT2D eigenvalue weighted by Crippen LogP contribution is -2.11. The van der Waals surface area contributed by atoms with Crippen LogP contribution in [-0.2, 0) is 9.59 Å². The highest BCUT2D eigenvalue weighted by atomic mass is 32.2. The van der Waals surface area contributed by atoms with Crippen LogP contribution in [0.4, 0.5) is 0 Å². The highest BCUT2D eigenvalue weighted by Crippen LogP contribution is 2.08. The van der Waals surface area contributed by atoms with Crippen LogP contribution in [0, 0.1) is 0 Å². The number of carbonyl (C=O) groups is 2. The number of aliphatic hydroxyl groups excluding tert-OH is 2. The number of hydrogen-bond donors (Lipinski definition) is 2. The lowest BCUT2D eigenvalue weighted by atomic mass is 10.8. The molecule has 0 heterocycles. The van der Waals surface area contributed by atoms with Gasteiger partial charge < -0.3 is 10.2 Å². The number of aliphatic hydroxyl groups is 2. The third-order valence-corrected chi connectivity index (χ3v) is 1.29. The van der Waals surface area contributed by atoms with Gasteiger partial charge >= 0.3 is 0 Å². The first-order valence-electron chi connectivity index (χ1n) is 2.13. The molecule has 0 aliphatic rings. The van der Waals surface area contributed by atoms with E-state index in [1.807, 2.05) is 0 Å². The SMILES string of the molecule is O=CC(O)SC(O)C=O. The smallest absolute Gasteiger partial charge is 0.158 e. The molecule has 2 unspecified atom stereocenters. The van der Waals surface area contributed by atoms with Crippen molar-refractivity contribution in [2.24, 2.45) is 0 Å². The van der Waals surface area contributed by atoms with E-state index in [-0.39, 0.29) is 12.6 Å². The van der Waals surface area contributed by atoms with Crippen molar-refractivity contribution in [3.05, 3.63) is 0 Å². The van der Waals surface area contributed by atoms with Crippen LogP contribution in [-0.4, -0.2) is 33.7 Å². The second-order valence-electron chi connectivity index (χ2n) is 1.19. The zero-order chi connectivity index (χ0) is 7.28. The summed E-state index contributed by atoms with van der Waals surface area (Å²) in [5, 5.41) is 16.9. The van der Waals surface area contributed by atoms with Crippen molar-refractivity contribution in [1.29, 1.82) is 0 Å². The van der Waals surface area contributed by atoms with Crippen molar-refractivity contribution in [2.45, 2.75) is 10.9 Å². The Hall–Kier alpha value is -0.390. The maximum atomic E-state index is 9.66. The molecule has 5 heteroatoms. The molecule has 0 aromatic carbocycles. The molecule has 0 saturated heterocycles. The molecule has 0 amide bonds. The van der Waals surface area contributed by atoms with Gasteiger partial charge in [-0.2, -0.15) is 0 Å². The first-order chi connectivity index (χ1) is 4.20. The molecule has 0 aliphatic carbocycles. The van der Waals surface area contributed by atoms with E-state index in [9.17, 15) is 9.59 Å². The predicted molar refractivity (Wildman–Crippen MR) is 31.7 cm³/mol. The summed E-state index contributed by atoms with van der Waals surface area (Å²) in [6.07, 6.45) is 0.467. The Labute approximate surface area is 55.9 Å². The molecule has 0 bridgehead atoms. The Kier molecular flexibility index (Phi) is 4.29. The zero-order valence-corrected chi connectivity index (χ0v) is 5.25. The molecular weight excluding hydrogens is 144 g/mol. The summed E-state index contributed by atoms with van der Waals surface area (Å²) in [5.74, 6) is 0. The molecule has 4 nitrogen and oxygen atoms in total. The van der Waals surface area contributed by atoms with Crippen molar-refractivity contribution >= 4 is 24.3 Å². The Morgan fingerprint density at radius 3 is 1.67 bits per heavy atom. The Morgan fingerprint density at radius 2 is 1.44 bits per heavy atom. The topological polar surface area (TPSA) is 74.6 Å². The van der Waals surface area contributed by atoms with Crippen LogP contribution < -0.4 is 0 Å². The third kappa shape index (κ3) is 4.14. The number of rotatable bonds is 4. The summed E-state index contributed by atoms with van der Waals surface area (Å²) in [6.45, 7) is 0. The minimum Gasteiger partial charge on any atom is -0.375 e. The molecular formula is C4H6O4S. The molecule has 52 valence electrons. The van der Waals surface area contributed by atoms with Crippen molar-refractivity contribution in [3.8, 4) is 0 Å². The first kappa shape index (κ1) is 8.61. The average molecular weight is 150 g/mol. The van der Waals surface area contributed by atoms with Crippen LogP contribution in [0.3, 0.4) is 0 Å². The number of thioether (sulfide) groups is 1. The molecule has 9 heavy (non-hydrogen) atoms. The van der Waals surface area contributed by atoms with Gasteiger partial charge in [-0.1, -0.05) is 11.8 Å². The van der Waals surface area contributed by atoms with Crippen molar-refractivity contribution in [1.82, 2.24) is 0 Å². The molecule has 0 spiro atoms. The quantitative estimate of drug-likeness (QED) is 0.387. The molecule has 0 aromatic rings. The van der Waals surface area contributed by atoms with Gasteiger partial charge in [0.15, 0.2) is 23.4 Å². The predicted octanol–water partition coefficient (Wildman–Crippen LogP) is -1.25. The summed E-state index contributed by atoms with van der Waals surface area (Å²) in [4.78, 5) is 19.3. The van der Waals surface area contributed by atoms with E-state index in [1.165, 1.54) is 0 Å². The van der Waals surface area contributed by atoms with Crippen molar-refractivity contribution < 1.29 is 19.8 Å². The molecule has 0 saturated carbocycles. The van der Waals surface area contributed by atoms with E-state index in [1.54, 1.807) is 0 Å². The Bertz CT molecular complexity index is 92.7. The van der Waals surface area contributed by atoms with Gasteiger partial charge in [-0.15, -0.1) is 0 Å². The molecule has 2 N–H and O–H groups in total. The van der Waals surface area contributed by atoms with Gasteiger partial charge in [-0.3, -0.25) is 9.59 Å². The minimum atomic E-state index is -1.31. The van der Waals surface area contributed by atoms with E-state index in [0.29, 0.717) is 11.8 Å². The van der Waals surface area contributed by atoms with Crippen LogP contribution in [0.15, 0.2) is 0 Å². The molecule has 0 aromatic heterocycles. The number of aldehydes is 2. The molecule has 0 rings (SSSR count). The van der Waals surface area contributed by atoms with Gasteiger partial charge in [0.25, 0.3) is 0 Å². The van der Waals surface area contributed by atoms with Gasteiger partial charge in [-0.05, 0) is 0 Å². The van der Waals surface area contributed by atoms with Crippen LogP contribution in [0.1, 0.15) is 0 Å².